The molecule has 0 saturated carbocycles. The summed E-state index contributed by atoms with van der Waals surface area (Å²) in [5.74, 6) is -0.389. The van der Waals surface area contributed by atoms with E-state index >= 15 is 0 Å². The van der Waals surface area contributed by atoms with Gasteiger partial charge in [0.15, 0.2) is 5.25 Å². The number of ether oxygens (including phenoxy) is 1. The van der Waals surface area contributed by atoms with Gasteiger partial charge in [-0.25, -0.2) is 4.98 Å². The number of nitrogens with zero attached hydrogens (tertiary/aromatic N) is 1. The minimum atomic E-state index is -0.623. The molecular formula is C7H10N2O2S2. The van der Waals surface area contributed by atoms with Gasteiger partial charge in [0.2, 0.25) is 0 Å². The fourth-order valence-corrected chi connectivity index (χ4v) is 1.71. The number of carbonyl (C=O) groups excluding carboxylic acids is 1. The average molecular weight is 218 g/mol. The van der Waals surface area contributed by atoms with Crippen molar-refractivity contribution in [1.82, 2.24) is 4.98 Å². The monoisotopic (exact) mass is 218 g/mol. The van der Waals surface area contributed by atoms with Crippen LogP contribution in [0.1, 0.15) is 17.2 Å². The first-order valence-corrected chi connectivity index (χ1v) is 5.04. The Hall–Kier alpha value is -0.750. The molecule has 1 atom stereocenters. The Balaban J connectivity index is 2.67. The zero-order valence-corrected chi connectivity index (χ0v) is 8.77. The van der Waals surface area contributed by atoms with Crippen LogP contribution in [0.25, 0.3) is 0 Å². The number of nitrogens with two attached hydrogens (primary N) is 1. The lowest BCUT2D eigenvalue weighted by molar-refractivity contribution is -0.142. The molecule has 1 aromatic rings. The minimum absolute atomic E-state index is 0.344. The number of esters is 1. The number of hydrogen-bond acceptors (Lipinski definition) is 6. The molecule has 0 spiro atoms. The van der Waals surface area contributed by atoms with Crippen LogP contribution in [-0.4, -0.2) is 17.6 Å². The standard InChI is InChI=1S/C7H10N2O2S2/c1-2-11-7(10)5(12)6-9-3-4(8)13-6/h3,5,12H,2,8H2,1H3. The Morgan fingerprint density at radius 3 is 3.08 bits per heavy atom. The predicted octanol–water partition coefficient (Wildman–Crippen LogP) is 1.26. The van der Waals surface area contributed by atoms with Crippen LogP contribution in [0.15, 0.2) is 6.20 Å². The van der Waals surface area contributed by atoms with Gasteiger partial charge in [0.25, 0.3) is 0 Å². The predicted molar refractivity (Wildman–Crippen MR) is 54.9 cm³/mol. The molecule has 1 rings (SSSR count). The van der Waals surface area contributed by atoms with Crippen LogP contribution in [0, 0.1) is 0 Å². The summed E-state index contributed by atoms with van der Waals surface area (Å²) >= 11 is 5.32. The van der Waals surface area contributed by atoms with E-state index in [2.05, 4.69) is 17.6 Å². The summed E-state index contributed by atoms with van der Waals surface area (Å²) in [5.41, 5.74) is 5.46. The van der Waals surface area contributed by atoms with Gasteiger partial charge in [-0.2, -0.15) is 12.6 Å². The highest BCUT2D eigenvalue weighted by Gasteiger charge is 2.20. The molecule has 0 aliphatic heterocycles. The van der Waals surface area contributed by atoms with Crippen molar-refractivity contribution in [3.63, 3.8) is 0 Å². The number of aromatic nitrogens is 1. The van der Waals surface area contributed by atoms with Crippen LogP contribution in [0.2, 0.25) is 0 Å². The highest BCUT2D eigenvalue weighted by Crippen LogP contribution is 2.27. The lowest BCUT2D eigenvalue weighted by Crippen LogP contribution is -2.10. The molecule has 1 heterocycles. The summed E-state index contributed by atoms with van der Waals surface area (Å²) < 4.78 is 4.78. The molecule has 72 valence electrons. The number of hydrogen-bond donors (Lipinski definition) is 2. The van der Waals surface area contributed by atoms with Crippen molar-refractivity contribution in [3.05, 3.63) is 11.2 Å². The number of carbonyl (C=O) groups is 1. The minimum Gasteiger partial charge on any atom is -0.465 e. The first-order chi connectivity index (χ1) is 6.15. The zero-order valence-electron chi connectivity index (χ0n) is 7.06. The van der Waals surface area contributed by atoms with Gasteiger partial charge >= 0.3 is 5.97 Å². The Labute approximate surface area is 85.5 Å². The van der Waals surface area contributed by atoms with Gasteiger partial charge < -0.3 is 10.5 Å². The van der Waals surface area contributed by atoms with Gasteiger partial charge in [-0.05, 0) is 6.92 Å². The molecule has 6 heteroatoms. The number of rotatable bonds is 3. The molecule has 0 aromatic carbocycles. The molecule has 2 N–H and O–H groups in total. The van der Waals surface area contributed by atoms with Gasteiger partial charge in [-0.3, -0.25) is 4.79 Å². The lowest BCUT2D eigenvalue weighted by atomic mass is 10.4. The van der Waals surface area contributed by atoms with E-state index < -0.39 is 5.25 Å². The van der Waals surface area contributed by atoms with Crippen molar-refractivity contribution in [2.24, 2.45) is 0 Å². The molecule has 1 unspecified atom stereocenters. The van der Waals surface area contributed by atoms with E-state index in [9.17, 15) is 4.79 Å². The normalized spacial score (nSPS) is 12.5. The lowest BCUT2D eigenvalue weighted by Gasteiger charge is -2.05. The van der Waals surface area contributed by atoms with E-state index in [4.69, 9.17) is 10.5 Å². The van der Waals surface area contributed by atoms with Crippen LogP contribution in [0.3, 0.4) is 0 Å². The highest BCUT2D eigenvalue weighted by molar-refractivity contribution is 7.81. The van der Waals surface area contributed by atoms with Gasteiger partial charge in [-0.15, -0.1) is 11.3 Å². The maximum atomic E-state index is 11.2. The van der Waals surface area contributed by atoms with E-state index in [0.717, 1.165) is 0 Å². The summed E-state index contributed by atoms with van der Waals surface area (Å²) in [7, 11) is 0. The zero-order chi connectivity index (χ0) is 9.84. The number of nitrogen functional groups attached to an aromatic ring is 1. The molecule has 4 nitrogen and oxygen atoms in total. The quantitative estimate of drug-likeness (QED) is 0.592. The summed E-state index contributed by atoms with van der Waals surface area (Å²) in [5, 5.41) is 0.514. The summed E-state index contributed by atoms with van der Waals surface area (Å²) in [6.45, 7) is 2.09. The molecular weight excluding hydrogens is 208 g/mol. The van der Waals surface area contributed by atoms with Crippen LogP contribution < -0.4 is 5.73 Å². The van der Waals surface area contributed by atoms with Crippen molar-refractivity contribution in [3.8, 4) is 0 Å². The van der Waals surface area contributed by atoms with Gasteiger partial charge in [0.1, 0.15) is 10.0 Å². The SMILES string of the molecule is CCOC(=O)C(S)c1ncc(N)s1. The van der Waals surface area contributed by atoms with Crippen LogP contribution in [-0.2, 0) is 9.53 Å². The first kappa shape index (κ1) is 10.3. The fourth-order valence-electron chi connectivity index (χ4n) is 0.749. The first-order valence-electron chi connectivity index (χ1n) is 3.71. The smallest absolute Gasteiger partial charge is 0.325 e. The molecule has 0 bridgehead atoms. The second-order valence-electron chi connectivity index (χ2n) is 2.26. The van der Waals surface area contributed by atoms with Crippen LogP contribution in [0.5, 0.6) is 0 Å². The van der Waals surface area contributed by atoms with Gasteiger partial charge in [-0.1, -0.05) is 0 Å². The van der Waals surface area contributed by atoms with E-state index in [0.29, 0.717) is 16.6 Å². The maximum Gasteiger partial charge on any atom is 0.325 e. The number of thiazole rings is 1. The Morgan fingerprint density at radius 1 is 1.92 bits per heavy atom. The molecule has 0 radical (unpaired) electrons. The van der Waals surface area contributed by atoms with E-state index in [-0.39, 0.29) is 5.97 Å². The van der Waals surface area contributed by atoms with Crippen molar-refractivity contribution in [2.45, 2.75) is 12.2 Å². The number of thiol groups is 1. The molecule has 0 fully saturated rings. The Bertz CT molecular complexity index is 300. The van der Waals surface area contributed by atoms with Gasteiger partial charge in [0.05, 0.1) is 12.8 Å². The molecule has 0 amide bonds. The Kier molecular flexibility index (Phi) is 3.56. The van der Waals surface area contributed by atoms with Crippen LogP contribution in [0.4, 0.5) is 5.00 Å². The van der Waals surface area contributed by atoms with Crippen molar-refractivity contribution in [1.29, 1.82) is 0 Å². The third-order valence-electron chi connectivity index (χ3n) is 1.29. The highest BCUT2D eigenvalue weighted by atomic mass is 32.1. The van der Waals surface area contributed by atoms with Crippen molar-refractivity contribution < 1.29 is 9.53 Å². The Morgan fingerprint density at radius 2 is 2.62 bits per heavy atom. The summed E-state index contributed by atoms with van der Waals surface area (Å²) in [6.07, 6.45) is 1.50. The van der Waals surface area contributed by atoms with Gasteiger partial charge in [0, 0.05) is 0 Å². The number of anilines is 1. The summed E-state index contributed by atoms with van der Waals surface area (Å²) in [6, 6.07) is 0. The topological polar surface area (TPSA) is 65.2 Å². The van der Waals surface area contributed by atoms with E-state index in [1.165, 1.54) is 17.5 Å². The molecule has 0 aliphatic carbocycles. The maximum absolute atomic E-state index is 11.2. The molecule has 0 aliphatic rings. The summed E-state index contributed by atoms with van der Waals surface area (Å²) in [4.78, 5) is 15.1. The largest absolute Gasteiger partial charge is 0.465 e. The molecule has 13 heavy (non-hydrogen) atoms. The third kappa shape index (κ3) is 2.60. The van der Waals surface area contributed by atoms with Crippen LogP contribution >= 0.6 is 24.0 Å². The average Bonchev–Trinajstić information content (AvgIpc) is 2.51. The second-order valence-corrected chi connectivity index (χ2v) is 3.87. The second kappa shape index (κ2) is 4.48. The molecule has 0 saturated heterocycles. The van der Waals surface area contributed by atoms with Crippen molar-refractivity contribution >= 4 is 34.9 Å². The third-order valence-corrected chi connectivity index (χ3v) is 2.81. The van der Waals surface area contributed by atoms with E-state index in [1.807, 2.05) is 0 Å². The molecule has 1 aromatic heterocycles. The fraction of sp³-hybridized carbons (Fsp3) is 0.429. The van der Waals surface area contributed by atoms with Crippen molar-refractivity contribution in [2.75, 3.05) is 12.3 Å². The van der Waals surface area contributed by atoms with E-state index in [1.54, 1.807) is 6.92 Å².